The van der Waals surface area contributed by atoms with Crippen LogP contribution in [-0.2, 0) is 9.53 Å². The van der Waals surface area contributed by atoms with Crippen LogP contribution in [0.2, 0.25) is 0 Å². The molecular formula is C33H34O3. The number of unbranched alkanes of at least 4 members (excludes halogenated alkanes) is 3. The first-order valence-corrected chi connectivity index (χ1v) is 12.5. The maximum atomic E-state index is 12.5. The van der Waals surface area contributed by atoms with Gasteiger partial charge in [-0.2, -0.15) is 0 Å². The molecule has 0 fully saturated rings. The van der Waals surface area contributed by atoms with Gasteiger partial charge in [-0.15, -0.1) is 5.92 Å². The Morgan fingerprint density at radius 1 is 0.750 bits per heavy atom. The van der Waals surface area contributed by atoms with E-state index in [1.165, 1.54) is 12.8 Å². The molecule has 0 radical (unpaired) electrons. The summed E-state index contributed by atoms with van der Waals surface area (Å²) in [5.74, 6) is 23.4. The van der Waals surface area contributed by atoms with E-state index in [2.05, 4.69) is 54.3 Å². The van der Waals surface area contributed by atoms with Gasteiger partial charge >= 0.3 is 5.97 Å². The van der Waals surface area contributed by atoms with Gasteiger partial charge in [0.15, 0.2) is 6.10 Å². The van der Waals surface area contributed by atoms with Crippen LogP contribution in [0.3, 0.4) is 0 Å². The predicted octanol–water partition coefficient (Wildman–Crippen LogP) is 6.22. The summed E-state index contributed by atoms with van der Waals surface area (Å²) in [6.45, 7) is 2.18. The van der Waals surface area contributed by atoms with Crippen molar-refractivity contribution in [2.24, 2.45) is 0 Å². The minimum atomic E-state index is -0.890. The van der Waals surface area contributed by atoms with E-state index in [1.54, 1.807) is 0 Å². The average molecular weight is 479 g/mol. The molecule has 36 heavy (non-hydrogen) atoms. The summed E-state index contributed by atoms with van der Waals surface area (Å²) in [4.78, 5) is 12.5. The molecule has 0 unspecified atom stereocenters. The second-order valence-corrected chi connectivity index (χ2v) is 8.15. The smallest absolute Gasteiger partial charge is 0.309 e. The zero-order chi connectivity index (χ0) is 25.7. The molecule has 0 aliphatic rings. The van der Waals surface area contributed by atoms with E-state index in [4.69, 9.17) is 4.74 Å². The second kappa shape index (κ2) is 18.4. The third-order valence-corrected chi connectivity index (χ3v) is 5.13. The molecular weight excluding hydrogens is 444 g/mol. The molecule has 0 aliphatic heterocycles. The Morgan fingerprint density at radius 3 is 1.78 bits per heavy atom. The summed E-state index contributed by atoms with van der Waals surface area (Å²) in [6.07, 6.45) is 4.71. The number of carbonyl (C=O) groups excluding carboxylic acids is 1. The second-order valence-electron chi connectivity index (χ2n) is 8.15. The lowest BCUT2D eigenvalue weighted by atomic mass is 10.0. The third kappa shape index (κ3) is 12.5. The first-order chi connectivity index (χ1) is 17.7. The fraction of sp³-hybridized carbons (Fsp3) is 0.364. The average Bonchev–Trinajstić information content (AvgIpc) is 2.90. The summed E-state index contributed by atoms with van der Waals surface area (Å²) in [6, 6.07) is 19.1. The zero-order valence-electron chi connectivity index (χ0n) is 21.1. The summed E-state index contributed by atoms with van der Waals surface area (Å²) >= 11 is 0. The highest BCUT2D eigenvalue weighted by Crippen LogP contribution is 2.26. The van der Waals surface area contributed by atoms with Crippen LogP contribution >= 0.6 is 0 Å². The Labute approximate surface area is 216 Å². The number of esters is 1. The maximum absolute atomic E-state index is 12.5. The van der Waals surface area contributed by atoms with Crippen LogP contribution in [0.25, 0.3) is 0 Å². The highest BCUT2D eigenvalue weighted by atomic mass is 16.5. The summed E-state index contributed by atoms with van der Waals surface area (Å²) in [5, 5.41) is 10.2. The number of benzene rings is 2. The van der Waals surface area contributed by atoms with Crippen molar-refractivity contribution in [1.82, 2.24) is 0 Å². The lowest BCUT2D eigenvalue weighted by Gasteiger charge is -2.19. The topological polar surface area (TPSA) is 46.5 Å². The monoisotopic (exact) mass is 478 g/mol. The van der Waals surface area contributed by atoms with Crippen molar-refractivity contribution in [3.8, 4) is 47.4 Å². The molecule has 0 saturated carbocycles. The molecule has 184 valence electrons. The lowest BCUT2D eigenvalue weighted by Crippen LogP contribution is -2.18. The van der Waals surface area contributed by atoms with Crippen molar-refractivity contribution in [3.63, 3.8) is 0 Å². The van der Waals surface area contributed by atoms with Gasteiger partial charge in [-0.25, -0.2) is 0 Å². The van der Waals surface area contributed by atoms with Crippen LogP contribution in [0.15, 0.2) is 60.7 Å². The van der Waals surface area contributed by atoms with Crippen molar-refractivity contribution in [2.75, 3.05) is 0 Å². The van der Waals surface area contributed by atoms with Crippen LogP contribution in [-0.4, -0.2) is 17.2 Å². The first-order valence-electron chi connectivity index (χ1n) is 12.5. The van der Waals surface area contributed by atoms with Crippen molar-refractivity contribution in [1.29, 1.82) is 0 Å². The van der Waals surface area contributed by atoms with Gasteiger partial charge in [0.05, 0.1) is 31.8 Å². The largest absolute Gasteiger partial charge is 0.452 e. The molecule has 3 heteroatoms. The Balaban J connectivity index is 1.70. The van der Waals surface area contributed by atoms with Crippen molar-refractivity contribution < 1.29 is 14.6 Å². The van der Waals surface area contributed by atoms with Gasteiger partial charge in [-0.05, 0) is 17.5 Å². The molecule has 0 amide bonds. The first kappa shape index (κ1) is 28.3. The molecule has 1 atom stereocenters. The van der Waals surface area contributed by atoms with Crippen LogP contribution in [0.4, 0.5) is 0 Å². The highest BCUT2D eigenvalue weighted by molar-refractivity contribution is 5.70. The third-order valence-electron chi connectivity index (χ3n) is 5.13. The van der Waals surface area contributed by atoms with Crippen molar-refractivity contribution in [2.45, 2.75) is 76.9 Å². The molecule has 1 N–H and O–H groups in total. The maximum Gasteiger partial charge on any atom is 0.309 e. The number of rotatable bonds is 9. The molecule has 2 aromatic carbocycles. The molecule has 2 aromatic rings. The fourth-order valence-corrected chi connectivity index (χ4v) is 3.28. The molecule has 2 rings (SSSR count). The van der Waals surface area contributed by atoms with E-state index < -0.39 is 18.2 Å². The zero-order valence-corrected chi connectivity index (χ0v) is 21.1. The van der Waals surface area contributed by atoms with Crippen molar-refractivity contribution >= 4 is 5.97 Å². The minimum Gasteiger partial charge on any atom is -0.452 e. The number of carbonyl (C=O) groups is 1. The Bertz CT molecular complexity index is 1110. The van der Waals surface area contributed by atoms with Crippen molar-refractivity contribution in [3.05, 3.63) is 71.8 Å². The number of aliphatic hydroxyl groups is 1. The van der Waals surface area contributed by atoms with Gasteiger partial charge in [0.1, 0.15) is 0 Å². The van der Waals surface area contributed by atoms with Crippen LogP contribution in [0.1, 0.15) is 81.9 Å². The number of hydrogen-bond donors (Lipinski definition) is 1. The SMILES string of the molecule is CCCCCC#CCC#CCC#CCC#CC[C@@H](O)CC(=O)OC(c1ccccc1)c1ccccc1. The van der Waals surface area contributed by atoms with Gasteiger partial charge in [0.25, 0.3) is 0 Å². The number of hydrogen-bond acceptors (Lipinski definition) is 3. The fourth-order valence-electron chi connectivity index (χ4n) is 3.28. The predicted molar refractivity (Wildman–Crippen MR) is 145 cm³/mol. The molecule has 0 aromatic heterocycles. The molecule has 0 bridgehead atoms. The van der Waals surface area contributed by atoms with Gasteiger partial charge in [-0.3, -0.25) is 4.79 Å². The van der Waals surface area contributed by atoms with E-state index in [-0.39, 0.29) is 12.8 Å². The summed E-state index contributed by atoms with van der Waals surface area (Å²) < 4.78 is 5.73. The summed E-state index contributed by atoms with van der Waals surface area (Å²) in [7, 11) is 0. The van der Waals surface area contributed by atoms with E-state index in [0.717, 1.165) is 24.0 Å². The van der Waals surface area contributed by atoms with Crippen LogP contribution in [0.5, 0.6) is 0 Å². The van der Waals surface area contributed by atoms with E-state index >= 15 is 0 Å². The molecule has 3 nitrogen and oxygen atoms in total. The summed E-state index contributed by atoms with van der Waals surface area (Å²) in [5.41, 5.74) is 1.76. The van der Waals surface area contributed by atoms with E-state index in [0.29, 0.717) is 19.3 Å². The number of aliphatic hydroxyl groups excluding tert-OH is 1. The Kier molecular flexibility index (Phi) is 14.5. The van der Waals surface area contributed by atoms with Gasteiger partial charge < -0.3 is 9.84 Å². The highest BCUT2D eigenvalue weighted by Gasteiger charge is 2.20. The molecule has 0 spiro atoms. The molecule has 0 aliphatic carbocycles. The van der Waals surface area contributed by atoms with Crippen LogP contribution in [0, 0.1) is 47.4 Å². The number of ether oxygens (including phenoxy) is 1. The van der Waals surface area contributed by atoms with Gasteiger partial charge in [0.2, 0.25) is 0 Å². The molecule has 0 saturated heterocycles. The van der Waals surface area contributed by atoms with Gasteiger partial charge in [0, 0.05) is 12.8 Å². The normalized spacial score (nSPS) is 10.3. The molecule has 0 heterocycles. The lowest BCUT2D eigenvalue weighted by molar-refractivity contribution is -0.149. The Morgan fingerprint density at radius 2 is 1.25 bits per heavy atom. The van der Waals surface area contributed by atoms with E-state index in [1.807, 2.05) is 60.7 Å². The Hall–Kier alpha value is -3.89. The standard InChI is InChI=1S/C33H34O3/c1-2-3-4-5-6-7-8-9-10-11-12-13-14-15-22-27-31(34)28-32(35)36-33(29-23-18-16-19-24-29)30-25-20-17-21-26-30/h16-21,23-26,31,33-34H,2-5,8,11,14,27-28H2,1H3/t31-/m1/s1. The quantitative estimate of drug-likeness (QED) is 0.264. The minimum absolute atomic E-state index is 0.117. The van der Waals surface area contributed by atoms with Crippen LogP contribution < -0.4 is 0 Å². The van der Waals surface area contributed by atoms with E-state index in [9.17, 15) is 9.90 Å². The van der Waals surface area contributed by atoms with Gasteiger partial charge in [-0.1, -0.05) is 122 Å².